The Balaban J connectivity index is 1.50. The number of benzene rings is 1. The highest BCUT2D eigenvalue weighted by Crippen LogP contribution is 2.35. The summed E-state index contributed by atoms with van der Waals surface area (Å²) in [6.45, 7) is 11.2. The molecule has 0 aliphatic carbocycles. The summed E-state index contributed by atoms with van der Waals surface area (Å²) >= 11 is 1.60. The van der Waals surface area contributed by atoms with Crippen molar-refractivity contribution >= 4 is 23.1 Å². The Labute approximate surface area is 364 Å². The molecule has 2 aromatic heterocycles. The topological polar surface area (TPSA) is 180 Å². The number of ketones is 1. The lowest BCUT2D eigenvalue weighted by Crippen LogP contribution is -2.63. The number of thiophene rings is 1. The van der Waals surface area contributed by atoms with Crippen LogP contribution in [0.5, 0.6) is 0 Å². The van der Waals surface area contributed by atoms with Crippen molar-refractivity contribution in [3.8, 4) is 11.3 Å². The van der Waals surface area contributed by atoms with Gasteiger partial charge in [0, 0.05) is 41.8 Å². The Bertz CT molecular complexity index is 1860. The molecule has 12 atom stereocenters. The van der Waals surface area contributed by atoms with Crippen LogP contribution in [0.2, 0.25) is 0 Å². The van der Waals surface area contributed by atoms with Crippen LogP contribution in [0.1, 0.15) is 65.9 Å². The van der Waals surface area contributed by atoms with E-state index in [1.807, 2.05) is 72.8 Å². The van der Waals surface area contributed by atoms with Crippen LogP contribution < -0.4 is 0 Å². The summed E-state index contributed by atoms with van der Waals surface area (Å²) in [7, 11) is 3.54. The van der Waals surface area contributed by atoms with E-state index < -0.39 is 72.7 Å². The summed E-state index contributed by atoms with van der Waals surface area (Å²) in [6.07, 6.45) is 1.17. The Morgan fingerprint density at radius 3 is 2.44 bits per heavy atom. The molecule has 336 valence electrons. The minimum Gasteiger partial charge on any atom is -0.462 e. The van der Waals surface area contributed by atoms with Gasteiger partial charge in [-0.25, -0.2) is 0 Å². The zero-order valence-corrected chi connectivity index (χ0v) is 37.5. The highest BCUT2D eigenvalue weighted by atomic mass is 32.1. The average Bonchev–Trinajstić information content (AvgIpc) is 3.95. The van der Waals surface area contributed by atoms with Crippen LogP contribution >= 0.6 is 11.3 Å². The monoisotopic (exact) mass is 865 g/mol. The van der Waals surface area contributed by atoms with E-state index in [1.165, 1.54) is 0 Å². The Morgan fingerprint density at radius 1 is 1.02 bits per heavy atom. The molecule has 3 aromatic rings. The first kappa shape index (κ1) is 48.4. The molecule has 5 rings (SSSR count). The summed E-state index contributed by atoms with van der Waals surface area (Å²) in [5, 5.41) is 57.7. The standard InChI is InChI=1S/C46H67N5O9S/c1-8-40-36(27-52)22-29(2)14-15-38(53)30(3)23-34(45(31(4)39(54)24-41(55)59-40)60-46-44(57)42(49(6)7)43(56)32(5)58-46)16-18-50(25-33-12-10-9-11-13-33)19-20-51-26-37(47-48-51)35-17-21-61-28-35/h9-15,17,21-22,26,28,30-32,34,36,39-40,42-46,52,54,56-57H,8,16,18-20,23-25,27H2,1-7H3/b15-14+,29-22+/t30-,31+,32-,34+,36-,39-,40-,42?,43-,44?,45-,46+/m1/s1. The maximum Gasteiger partial charge on any atom is 0.308 e. The van der Waals surface area contributed by atoms with Gasteiger partial charge in [-0.05, 0) is 82.8 Å². The Morgan fingerprint density at radius 2 is 1.77 bits per heavy atom. The number of ether oxygens (including phenoxy) is 3. The fourth-order valence-electron chi connectivity index (χ4n) is 8.51. The molecule has 4 heterocycles. The molecule has 0 spiro atoms. The molecule has 1 saturated heterocycles. The molecule has 1 aromatic carbocycles. The van der Waals surface area contributed by atoms with Crippen molar-refractivity contribution in [2.24, 2.45) is 23.7 Å². The second-order valence-electron chi connectivity index (χ2n) is 17.1. The summed E-state index contributed by atoms with van der Waals surface area (Å²) in [5.74, 6) is -2.77. The number of hydrogen-bond donors (Lipinski definition) is 4. The van der Waals surface area contributed by atoms with Crippen LogP contribution in [0.3, 0.4) is 0 Å². The average molecular weight is 866 g/mol. The zero-order valence-electron chi connectivity index (χ0n) is 36.7. The predicted octanol–water partition coefficient (Wildman–Crippen LogP) is 4.73. The molecule has 15 heteroatoms. The lowest BCUT2D eigenvalue weighted by atomic mass is 9.79. The van der Waals surface area contributed by atoms with E-state index in [1.54, 1.807) is 56.3 Å². The van der Waals surface area contributed by atoms with Gasteiger partial charge in [-0.2, -0.15) is 11.3 Å². The quantitative estimate of drug-likeness (QED) is 0.164. The van der Waals surface area contributed by atoms with E-state index in [0.29, 0.717) is 45.4 Å². The van der Waals surface area contributed by atoms with Crippen molar-refractivity contribution in [2.45, 2.75) is 122 Å². The highest BCUT2D eigenvalue weighted by molar-refractivity contribution is 7.08. The van der Waals surface area contributed by atoms with Crippen molar-refractivity contribution in [3.63, 3.8) is 0 Å². The normalized spacial score (nSPS) is 32.4. The maximum atomic E-state index is 13.9. The summed E-state index contributed by atoms with van der Waals surface area (Å²) in [5.41, 5.74) is 3.69. The van der Waals surface area contributed by atoms with E-state index in [-0.39, 0.29) is 24.7 Å². The fraction of sp³-hybridized carbons (Fsp3) is 0.609. The van der Waals surface area contributed by atoms with Crippen LogP contribution in [0.4, 0.5) is 0 Å². The molecule has 4 N–H and O–H groups in total. The lowest BCUT2D eigenvalue weighted by molar-refractivity contribution is -0.304. The molecule has 2 aliphatic rings. The zero-order chi connectivity index (χ0) is 44.2. The second kappa shape index (κ2) is 23.2. The van der Waals surface area contributed by atoms with Gasteiger partial charge in [0.15, 0.2) is 12.1 Å². The molecule has 61 heavy (non-hydrogen) atoms. The molecular formula is C46H67N5O9S. The first-order chi connectivity index (χ1) is 29.2. The third kappa shape index (κ3) is 13.4. The van der Waals surface area contributed by atoms with E-state index in [0.717, 1.165) is 22.4 Å². The molecule has 1 fully saturated rings. The summed E-state index contributed by atoms with van der Waals surface area (Å²) < 4.78 is 20.7. The number of carbonyl (C=O) groups excluding carboxylic acids is 2. The molecule has 0 bridgehead atoms. The van der Waals surface area contributed by atoms with Gasteiger partial charge >= 0.3 is 5.97 Å². The number of rotatable bonds is 14. The SMILES string of the molecule is CC[C@H]1OC(=O)C[C@@H](O)[C@H](C)[C@@H](O[C@@H]2O[C@H](C)[C@@H](O)C(N(C)C)C2O)[C@@H](CCN(CCn2cc(-c3ccsc3)nn2)Cc2ccccc2)C[C@@H](C)C(=O)/C=C/C(C)=C/[C@@H]1CO. The van der Waals surface area contributed by atoms with Gasteiger partial charge in [-0.15, -0.1) is 5.10 Å². The molecule has 0 radical (unpaired) electrons. The fourth-order valence-corrected chi connectivity index (χ4v) is 9.16. The van der Waals surface area contributed by atoms with Gasteiger partial charge in [0.25, 0.3) is 0 Å². The van der Waals surface area contributed by atoms with E-state index in [9.17, 15) is 30.0 Å². The number of hydrogen-bond acceptors (Lipinski definition) is 14. The molecule has 14 nitrogen and oxygen atoms in total. The molecular weight excluding hydrogens is 799 g/mol. The highest BCUT2D eigenvalue weighted by Gasteiger charge is 2.47. The number of likely N-dealkylation sites (N-methyl/N-ethyl adjacent to an activating group) is 1. The predicted molar refractivity (Wildman–Crippen MR) is 234 cm³/mol. The van der Waals surface area contributed by atoms with Crippen LogP contribution in [0.25, 0.3) is 11.3 Å². The van der Waals surface area contributed by atoms with E-state index in [2.05, 4.69) is 27.3 Å². The number of esters is 1. The van der Waals surface area contributed by atoms with Gasteiger partial charge in [-0.3, -0.25) is 19.2 Å². The summed E-state index contributed by atoms with van der Waals surface area (Å²) in [6, 6.07) is 11.5. The number of aliphatic hydroxyl groups is 4. The Kier molecular flexibility index (Phi) is 18.4. The first-order valence-electron chi connectivity index (χ1n) is 21.6. The maximum absolute atomic E-state index is 13.9. The van der Waals surface area contributed by atoms with E-state index in [4.69, 9.17) is 14.2 Å². The minimum absolute atomic E-state index is 0.0945. The number of carbonyl (C=O) groups is 2. The number of aliphatic hydroxyl groups excluding tert-OH is 4. The van der Waals surface area contributed by atoms with Gasteiger partial charge in [0.05, 0.1) is 56.2 Å². The number of aromatic nitrogens is 3. The smallest absolute Gasteiger partial charge is 0.308 e. The van der Waals surface area contributed by atoms with Gasteiger partial charge in [0.2, 0.25) is 0 Å². The minimum atomic E-state index is -1.26. The van der Waals surface area contributed by atoms with E-state index >= 15 is 0 Å². The first-order valence-corrected chi connectivity index (χ1v) is 22.5. The van der Waals surface area contributed by atoms with Crippen LogP contribution in [-0.2, 0) is 36.9 Å². The Hall–Kier alpha value is -3.64. The van der Waals surface area contributed by atoms with Crippen molar-refractivity contribution in [1.82, 2.24) is 24.8 Å². The molecule has 2 unspecified atom stereocenters. The van der Waals surface area contributed by atoms with Crippen molar-refractivity contribution in [3.05, 3.63) is 82.7 Å². The van der Waals surface area contributed by atoms with Gasteiger partial charge in [0.1, 0.15) is 17.9 Å². The number of allylic oxidation sites excluding steroid dienone is 3. The van der Waals surface area contributed by atoms with Crippen molar-refractivity contribution < 1.29 is 44.2 Å². The summed E-state index contributed by atoms with van der Waals surface area (Å²) in [4.78, 5) is 31.5. The third-order valence-corrected chi connectivity index (χ3v) is 12.9. The van der Waals surface area contributed by atoms with Crippen molar-refractivity contribution in [2.75, 3.05) is 33.8 Å². The lowest BCUT2D eigenvalue weighted by Gasteiger charge is -2.46. The van der Waals surface area contributed by atoms with Crippen LogP contribution in [0, 0.1) is 23.7 Å². The van der Waals surface area contributed by atoms with Gasteiger partial charge in [-0.1, -0.05) is 74.0 Å². The molecule has 0 amide bonds. The third-order valence-electron chi connectivity index (χ3n) is 12.2. The van der Waals surface area contributed by atoms with Gasteiger partial charge < -0.3 is 39.5 Å². The number of cyclic esters (lactones) is 1. The van der Waals surface area contributed by atoms with Crippen molar-refractivity contribution in [1.29, 1.82) is 0 Å². The van der Waals surface area contributed by atoms with Crippen LogP contribution in [-0.4, -0.2) is 140 Å². The largest absolute Gasteiger partial charge is 0.462 e. The second-order valence-corrected chi connectivity index (χ2v) is 17.9. The molecule has 2 aliphatic heterocycles. The number of nitrogens with zero attached hydrogens (tertiary/aromatic N) is 5. The van der Waals surface area contributed by atoms with Crippen LogP contribution in [0.15, 0.2) is 77.2 Å². The molecule has 0 saturated carbocycles.